The van der Waals surface area contributed by atoms with Crippen LogP contribution < -0.4 is 5.56 Å². The van der Waals surface area contributed by atoms with Gasteiger partial charge in [-0.05, 0) is 19.1 Å². The highest BCUT2D eigenvalue weighted by atomic mass is 32.2. The van der Waals surface area contributed by atoms with Crippen LogP contribution in [-0.4, -0.2) is 56.9 Å². The zero-order valence-electron chi connectivity index (χ0n) is 13.2. The standard InChI is InChI=1S/C16H17N3O4S/c1-2-23-16(22)12-10-24-8-7-18(12)14(20)11-9-17-13-5-3-4-6-19(13)15(11)21/h3-6,9,12H,2,7-8,10H2,1H3. The maximum Gasteiger partial charge on any atom is 0.329 e. The van der Waals surface area contributed by atoms with E-state index >= 15 is 0 Å². The molecule has 0 radical (unpaired) electrons. The van der Waals surface area contributed by atoms with Crippen LogP contribution in [0.3, 0.4) is 0 Å². The SMILES string of the molecule is CCOC(=O)C1CSCCN1C(=O)c1cnc2ccccn2c1=O. The topological polar surface area (TPSA) is 81.0 Å². The fraction of sp³-hybridized carbons (Fsp3) is 0.375. The average molecular weight is 347 g/mol. The summed E-state index contributed by atoms with van der Waals surface area (Å²) in [6.07, 6.45) is 2.85. The molecule has 0 bridgehead atoms. The van der Waals surface area contributed by atoms with Gasteiger partial charge >= 0.3 is 5.97 Å². The summed E-state index contributed by atoms with van der Waals surface area (Å²) in [5, 5.41) is 0. The summed E-state index contributed by atoms with van der Waals surface area (Å²) in [7, 11) is 0. The third-order valence-corrected chi connectivity index (χ3v) is 4.81. The molecule has 2 aromatic heterocycles. The lowest BCUT2D eigenvalue weighted by Crippen LogP contribution is -2.52. The molecule has 3 rings (SSSR count). The Morgan fingerprint density at radius 1 is 1.42 bits per heavy atom. The first-order valence-corrected chi connectivity index (χ1v) is 8.80. The van der Waals surface area contributed by atoms with Gasteiger partial charge in [0.1, 0.15) is 17.3 Å². The third kappa shape index (κ3) is 3.01. The number of nitrogens with zero attached hydrogens (tertiary/aromatic N) is 3. The molecule has 1 unspecified atom stereocenters. The number of aromatic nitrogens is 2. The van der Waals surface area contributed by atoms with Crippen LogP contribution in [0.2, 0.25) is 0 Å². The van der Waals surface area contributed by atoms with Crippen molar-refractivity contribution in [1.29, 1.82) is 0 Å². The number of hydrogen-bond acceptors (Lipinski definition) is 6. The van der Waals surface area contributed by atoms with Crippen molar-refractivity contribution in [2.75, 3.05) is 24.7 Å². The van der Waals surface area contributed by atoms with Gasteiger partial charge in [0.05, 0.1) is 6.61 Å². The van der Waals surface area contributed by atoms with E-state index < -0.39 is 23.5 Å². The van der Waals surface area contributed by atoms with Gasteiger partial charge in [-0.2, -0.15) is 11.8 Å². The number of ether oxygens (including phenoxy) is 1. The van der Waals surface area contributed by atoms with Gasteiger partial charge < -0.3 is 9.64 Å². The number of carbonyl (C=O) groups excluding carboxylic acids is 2. The minimum absolute atomic E-state index is 0.0418. The lowest BCUT2D eigenvalue weighted by Gasteiger charge is -2.33. The Morgan fingerprint density at radius 2 is 2.25 bits per heavy atom. The van der Waals surface area contributed by atoms with Crippen LogP contribution in [0.25, 0.3) is 5.65 Å². The average Bonchev–Trinajstić information content (AvgIpc) is 2.62. The van der Waals surface area contributed by atoms with Crippen molar-refractivity contribution in [3.8, 4) is 0 Å². The Labute approximate surface area is 142 Å². The molecule has 0 aromatic carbocycles. The second-order valence-electron chi connectivity index (χ2n) is 5.25. The van der Waals surface area contributed by atoms with E-state index in [1.54, 1.807) is 43.1 Å². The Hall–Kier alpha value is -2.35. The van der Waals surface area contributed by atoms with Gasteiger partial charge in [-0.1, -0.05) is 6.07 Å². The van der Waals surface area contributed by atoms with Gasteiger partial charge in [-0.25, -0.2) is 9.78 Å². The molecule has 1 fully saturated rings. The minimum atomic E-state index is -0.674. The summed E-state index contributed by atoms with van der Waals surface area (Å²) >= 11 is 1.59. The quantitative estimate of drug-likeness (QED) is 0.765. The number of fused-ring (bicyclic) bond motifs is 1. The van der Waals surface area contributed by atoms with E-state index in [0.29, 0.717) is 23.7 Å². The van der Waals surface area contributed by atoms with E-state index in [0.717, 1.165) is 0 Å². The predicted octanol–water partition coefficient (Wildman–Crippen LogP) is 0.815. The summed E-state index contributed by atoms with van der Waals surface area (Å²) < 4.78 is 6.38. The van der Waals surface area contributed by atoms with E-state index in [4.69, 9.17) is 4.74 Å². The molecule has 0 N–H and O–H groups in total. The first-order valence-electron chi connectivity index (χ1n) is 7.65. The maximum atomic E-state index is 12.8. The van der Waals surface area contributed by atoms with Crippen molar-refractivity contribution in [1.82, 2.24) is 14.3 Å². The summed E-state index contributed by atoms with van der Waals surface area (Å²) in [6, 6.07) is 4.48. The van der Waals surface area contributed by atoms with E-state index in [1.807, 2.05) is 0 Å². The number of rotatable bonds is 3. The highest BCUT2D eigenvalue weighted by molar-refractivity contribution is 7.99. The van der Waals surface area contributed by atoms with Gasteiger partial charge in [0.25, 0.3) is 11.5 Å². The molecule has 1 atom stereocenters. The lowest BCUT2D eigenvalue weighted by atomic mass is 10.2. The molecular formula is C16H17N3O4S. The highest BCUT2D eigenvalue weighted by Crippen LogP contribution is 2.19. The second kappa shape index (κ2) is 7.04. The number of thioether (sulfide) groups is 1. The molecule has 8 heteroatoms. The lowest BCUT2D eigenvalue weighted by molar-refractivity contribution is -0.147. The van der Waals surface area contributed by atoms with Crippen LogP contribution in [0.4, 0.5) is 0 Å². The van der Waals surface area contributed by atoms with Gasteiger partial charge in [-0.15, -0.1) is 0 Å². The van der Waals surface area contributed by atoms with Crippen LogP contribution in [0.1, 0.15) is 17.3 Å². The number of hydrogen-bond donors (Lipinski definition) is 0. The molecule has 0 spiro atoms. The molecule has 3 heterocycles. The highest BCUT2D eigenvalue weighted by Gasteiger charge is 2.35. The Bertz CT molecular complexity index is 835. The number of esters is 1. The van der Waals surface area contributed by atoms with Crippen molar-refractivity contribution in [2.24, 2.45) is 0 Å². The summed E-state index contributed by atoms with van der Waals surface area (Å²) in [5.41, 5.74) is -0.0125. The van der Waals surface area contributed by atoms with Gasteiger partial charge in [0, 0.05) is 30.4 Å². The third-order valence-electron chi connectivity index (χ3n) is 3.79. The number of amides is 1. The number of carbonyl (C=O) groups is 2. The Balaban J connectivity index is 1.96. The first-order chi connectivity index (χ1) is 11.6. The second-order valence-corrected chi connectivity index (χ2v) is 6.40. The smallest absolute Gasteiger partial charge is 0.329 e. The minimum Gasteiger partial charge on any atom is -0.464 e. The maximum absolute atomic E-state index is 12.8. The number of pyridine rings is 1. The fourth-order valence-electron chi connectivity index (χ4n) is 2.61. The van der Waals surface area contributed by atoms with Crippen molar-refractivity contribution >= 4 is 29.3 Å². The summed E-state index contributed by atoms with van der Waals surface area (Å²) in [6.45, 7) is 2.37. The zero-order valence-corrected chi connectivity index (χ0v) is 14.0. The Morgan fingerprint density at radius 3 is 3.04 bits per heavy atom. The van der Waals surface area contributed by atoms with E-state index in [2.05, 4.69) is 4.98 Å². The van der Waals surface area contributed by atoms with Crippen LogP contribution in [-0.2, 0) is 9.53 Å². The molecule has 7 nitrogen and oxygen atoms in total. The van der Waals surface area contributed by atoms with Crippen molar-refractivity contribution < 1.29 is 14.3 Å². The predicted molar refractivity (Wildman–Crippen MR) is 90.2 cm³/mol. The van der Waals surface area contributed by atoms with Gasteiger partial charge in [0.2, 0.25) is 0 Å². The van der Waals surface area contributed by atoms with Crippen LogP contribution in [0.15, 0.2) is 35.4 Å². The largest absolute Gasteiger partial charge is 0.464 e. The van der Waals surface area contributed by atoms with E-state index in [9.17, 15) is 14.4 Å². The molecule has 1 aliphatic rings. The van der Waals surface area contributed by atoms with Crippen molar-refractivity contribution in [3.63, 3.8) is 0 Å². The molecule has 0 aliphatic carbocycles. The molecule has 1 aliphatic heterocycles. The summed E-state index contributed by atoms with van der Waals surface area (Å²) in [5.74, 6) is 0.257. The van der Waals surface area contributed by atoms with Gasteiger partial charge in [-0.3, -0.25) is 14.0 Å². The monoisotopic (exact) mass is 347 g/mol. The molecule has 2 aromatic rings. The van der Waals surface area contributed by atoms with Gasteiger partial charge in [0.15, 0.2) is 0 Å². The van der Waals surface area contributed by atoms with Crippen molar-refractivity contribution in [3.05, 3.63) is 46.5 Å². The molecule has 24 heavy (non-hydrogen) atoms. The van der Waals surface area contributed by atoms with Crippen molar-refractivity contribution in [2.45, 2.75) is 13.0 Å². The van der Waals surface area contributed by atoms with Crippen LogP contribution >= 0.6 is 11.8 Å². The summed E-state index contributed by atoms with van der Waals surface area (Å²) in [4.78, 5) is 43.1. The molecule has 0 saturated carbocycles. The zero-order chi connectivity index (χ0) is 17.1. The molecule has 1 saturated heterocycles. The molecule has 1 amide bonds. The molecular weight excluding hydrogens is 330 g/mol. The molecule has 126 valence electrons. The van der Waals surface area contributed by atoms with Crippen LogP contribution in [0.5, 0.6) is 0 Å². The van der Waals surface area contributed by atoms with E-state index in [1.165, 1.54) is 15.5 Å². The Kier molecular flexibility index (Phi) is 4.84. The normalized spacial score (nSPS) is 17.7. The fourth-order valence-corrected chi connectivity index (χ4v) is 3.64. The van der Waals surface area contributed by atoms with E-state index in [-0.39, 0.29) is 12.2 Å². The first kappa shape index (κ1) is 16.5. The van der Waals surface area contributed by atoms with Crippen LogP contribution in [0, 0.1) is 0 Å².